The van der Waals surface area contributed by atoms with E-state index in [2.05, 4.69) is 9.24 Å². The first-order valence-corrected chi connectivity index (χ1v) is 15.5. The normalized spacial score (nSPS) is 12.8. The molecule has 2 amide bonds. The summed E-state index contributed by atoms with van der Waals surface area (Å²) in [4.78, 5) is 39.9. The number of carbonyl (C=O) groups excluding carboxylic acids is 2. The maximum absolute atomic E-state index is 13.5. The number of ether oxygens (including phenoxy) is 2. The third-order valence-electron chi connectivity index (χ3n) is 5.32. The maximum atomic E-state index is 13.5. The number of anilines is 1. The van der Waals surface area contributed by atoms with Gasteiger partial charge in [-0.05, 0) is 62.4 Å². The minimum atomic E-state index is -0.833. The number of nitrogens with zero attached hydrogens (tertiary/aromatic N) is 1. The molecule has 1 heterocycles. The number of imide groups is 1. The maximum Gasteiger partial charge on any atom is 0.300 e. The number of hydrogen-bond acceptors (Lipinski definition) is 7. The summed E-state index contributed by atoms with van der Waals surface area (Å²) >= 11 is 2.64. The highest BCUT2D eigenvalue weighted by atomic mass is 32.2. The van der Waals surface area contributed by atoms with Crippen LogP contribution < -0.4 is 9.64 Å². The molecule has 3 aromatic carbocycles. The molecule has 0 aliphatic carbocycles. The fourth-order valence-corrected chi connectivity index (χ4v) is 5.52. The van der Waals surface area contributed by atoms with E-state index in [1.54, 1.807) is 31.4 Å². The Morgan fingerprint density at radius 1 is 0.829 bits per heavy atom. The summed E-state index contributed by atoms with van der Waals surface area (Å²) in [5, 5.41) is 7.42. The molecule has 0 radical (unpaired) electrons. The van der Waals surface area contributed by atoms with Crippen molar-refractivity contribution in [3.63, 3.8) is 0 Å². The van der Waals surface area contributed by atoms with Gasteiger partial charge in [0.25, 0.3) is 17.8 Å². The quantitative estimate of drug-likeness (QED) is 0.191. The number of hydrogen-bond donors (Lipinski definition) is 1. The van der Waals surface area contributed by atoms with Crippen molar-refractivity contribution in [2.45, 2.75) is 42.6 Å². The lowest BCUT2D eigenvalue weighted by Gasteiger charge is -2.26. The van der Waals surface area contributed by atoms with Crippen LogP contribution in [0.5, 0.6) is 5.75 Å². The van der Waals surface area contributed by atoms with Crippen LogP contribution in [0.1, 0.15) is 27.2 Å². The van der Waals surface area contributed by atoms with Crippen LogP contribution >= 0.6 is 32.8 Å². The minimum absolute atomic E-state index is 0.323. The first-order valence-electron chi connectivity index (χ1n) is 12.8. The summed E-state index contributed by atoms with van der Waals surface area (Å²) in [6.07, 6.45) is 0.735. The molecule has 41 heavy (non-hydrogen) atoms. The fourth-order valence-electron chi connectivity index (χ4n) is 3.50. The van der Waals surface area contributed by atoms with E-state index in [1.807, 2.05) is 81.2 Å². The van der Waals surface area contributed by atoms with Gasteiger partial charge in [-0.1, -0.05) is 66.6 Å². The molecule has 0 bridgehead atoms. The summed E-state index contributed by atoms with van der Waals surface area (Å²) < 4.78 is 11.2. The lowest BCUT2D eigenvalue weighted by Crippen LogP contribution is -2.31. The van der Waals surface area contributed by atoms with E-state index in [1.165, 1.54) is 28.4 Å². The van der Waals surface area contributed by atoms with Gasteiger partial charge in [-0.2, -0.15) is 0 Å². The van der Waals surface area contributed by atoms with Crippen LogP contribution in [0, 0.1) is 0 Å². The Bertz CT molecular complexity index is 1250. The molecule has 1 unspecified atom stereocenters. The minimum Gasteiger partial charge on any atom is -0.488 e. The largest absolute Gasteiger partial charge is 0.488 e. The van der Waals surface area contributed by atoms with Crippen molar-refractivity contribution in [1.29, 1.82) is 0 Å². The predicted octanol–water partition coefficient (Wildman–Crippen LogP) is 7.13. The van der Waals surface area contributed by atoms with Crippen molar-refractivity contribution in [2.24, 2.45) is 0 Å². The molecule has 0 saturated carbocycles. The zero-order chi connectivity index (χ0) is 30.4. The van der Waals surface area contributed by atoms with Gasteiger partial charge in [0.05, 0.1) is 15.5 Å². The number of rotatable bonds is 10. The van der Waals surface area contributed by atoms with Crippen molar-refractivity contribution in [3.05, 3.63) is 94.7 Å². The molecule has 0 aromatic heterocycles. The molecular formula is C31H36NO6PS2. The second kappa shape index (κ2) is 17.0. The van der Waals surface area contributed by atoms with E-state index in [-0.39, 0.29) is 11.8 Å². The third kappa shape index (κ3) is 10.7. The van der Waals surface area contributed by atoms with Crippen molar-refractivity contribution in [3.8, 4) is 5.75 Å². The first kappa shape index (κ1) is 34.1. The molecule has 218 valence electrons. The molecular weight excluding hydrogens is 577 g/mol. The van der Waals surface area contributed by atoms with E-state index in [4.69, 9.17) is 19.4 Å². The Balaban J connectivity index is 0.000000902. The Labute approximate surface area is 252 Å². The second-order valence-electron chi connectivity index (χ2n) is 9.05. The zero-order valence-corrected chi connectivity index (χ0v) is 26.6. The Kier molecular flexibility index (Phi) is 14.1. The summed E-state index contributed by atoms with van der Waals surface area (Å²) in [5.74, 6) is -0.813. The van der Waals surface area contributed by atoms with Gasteiger partial charge in [-0.25, -0.2) is 4.90 Å². The van der Waals surface area contributed by atoms with E-state index in [9.17, 15) is 9.59 Å². The molecule has 1 aliphatic heterocycles. The number of aliphatic carboxylic acids is 1. The molecule has 0 fully saturated rings. The summed E-state index contributed by atoms with van der Waals surface area (Å²) in [6, 6.07) is 26.3. The van der Waals surface area contributed by atoms with Gasteiger partial charge >= 0.3 is 0 Å². The Morgan fingerprint density at radius 3 is 1.63 bits per heavy atom. The molecule has 1 N–H and O–H groups in total. The predicted molar refractivity (Wildman–Crippen MR) is 171 cm³/mol. The summed E-state index contributed by atoms with van der Waals surface area (Å²) in [7, 11) is 4.08. The monoisotopic (exact) mass is 613 g/mol. The van der Waals surface area contributed by atoms with Crippen LogP contribution in [0.15, 0.2) is 105 Å². The molecule has 1 atom stereocenters. The van der Waals surface area contributed by atoms with Crippen LogP contribution in [0.2, 0.25) is 0 Å². The Morgan fingerprint density at radius 2 is 1.24 bits per heavy atom. The standard InChI is InChI=1S/C28H27NO4S2.C2H4O2.CH5P/c1-28(2,18-19-32-3)33-21-16-14-20(15-17-21)29-26(30)24(34-22-10-6-4-7-11-22)25(27(29)31)35-23-12-8-5-9-13-23;1-2(3)4;1-2/h4-17H,18-19H2,1-3H3;1H3,(H,3,4);2H2,1H3. The molecule has 0 saturated heterocycles. The topological polar surface area (TPSA) is 93.1 Å². The summed E-state index contributed by atoms with van der Waals surface area (Å²) in [6.45, 7) is 7.59. The van der Waals surface area contributed by atoms with E-state index < -0.39 is 11.6 Å². The van der Waals surface area contributed by atoms with Crippen LogP contribution in [0.4, 0.5) is 5.69 Å². The average Bonchev–Trinajstić information content (AvgIpc) is 3.18. The van der Waals surface area contributed by atoms with Crippen LogP contribution in [-0.4, -0.2) is 48.9 Å². The number of carboxylic acids is 1. The van der Waals surface area contributed by atoms with Crippen LogP contribution in [-0.2, 0) is 19.1 Å². The van der Waals surface area contributed by atoms with Gasteiger partial charge in [0.1, 0.15) is 11.4 Å². The molecule has 1 aliphatic rings. The highest BCUT2D eigenvalue weighted by Crippen LogP contribution is 2.44. The molecule has 3 aromatic rings. The SMILES string of the molecule is CC(=O)O.COCCC(C)(C)Oc1ccc(N2C(=O)C(Sc3ccccc3)=C(Sc3ccccc3)C2=O)cc1.CP. The molecule has 4 rings (SSSR count). The van der Waals surface area contributed by atoms with E-state index in [0.717, 1.165) is 23.1 Å². The number of benzene rings is 3. The van der Waals surface area contributed by atoms with Crippen LogP contribution in [0.25, 0.3) is 0 Å². The van der Waals surface area contributed by atoms with Crippen molar-refractivity contribution in [1.82, 2.24) is 0 Å². The van der Waals surface area contributed by atoms with E-state index in [0.29, 0.717) is 27.9 Å². The van der Waals surface area contributed by atoms with E-state index >= 15 is 0 Å². The number of amides is 2. The highest BCUT2D eigenvalue weighted by Gasteiger charge is 2.40. The summed E-state index contributed by atoms with van der Waals surface area (Å²) in [5.41, 5.74) is 0.106. The smallest absolute Gasteiger partial charge is 0.300 e. The fraction of sp³-hybridized carbons (Fsp3) is 0.258. The van der Waals surface area contributed by atoms with Gasteiger partial charge in [0.15, 0.2) is 0 Å². The van der Waals surface area contributed by atoms with Gasteiger partial charge in [-0.15, -0.1) is 9.24 Å². The molecule has 7 nitrogen and oxygen atoms in total. The van der Waals surface area contributed by atoms with Gasteiger partial charge in [0, 0.05) is 36.9 Å². The molecule has 10 heteroatoms. The third-order valence-corrected chi connectivity index (χ3v) is 7.64. The number of carboxylic acid groups (broad SMARTS) is 1. The molecule has 0 spiro atoms. The average molecular weight is 614 g/mol. The van der Waals surface area contributed by atoms with Crippen molar-refractivity contribution >= 4 is 56.2 Å². The zero-order valence-electron chi connectivity index (χ0n) is 23.8. The first-order chi connectivity index (χ1) is 19.6. The number of thioether (sulfide) groups is 2. The van der Waals surface area contributed by atoms with Gasteiger partial charge < -0.3 is 14.6 Å². The van der Waals surface area contributed by atoms with Crippen molar-refractivity contribution in [2.75, 3.05) is 25.3 Å². The number of methoxy groups -OCH3 is 1. The second-order valence-corrected chi connectivity index (χ2v) is 11.2. The van der Waals surface area contributed by atoms with Gasteiger partial charge in [0.2, 0.25) is 0 Å². The Hall–Kier alpha value is -3.10. The van der Waals surface area contributed by atoms with Gasteiger partial charge in [-0.3, -0.25) is 14.4 Å². The number of carbonyl (C=O) groups is 3. The highest BCUT2D eigenvalue weighted by molar-refractivity contribution is 8.08. The lowest BCUT2D eigenvalue weighted by atomic mass is 10.1. The van der Waals surface area contributed by atoms with Crippen molar-refractivity contribution < 1.29 is 29.0 Å². The lowest BCUT2D eigenvalue weighted by molar-refractivity contribution is -0.134. The van der Waals surface area contributed by atoms with Crippen LogP contribution in [0.3, 0.4) is 0 Å².